The summed E-state index contributed by atoms with van der Waals surface area (Å²) in [5.74, 6) is 1.76. The van der Waals surface area contributed by atoms with Crippen molar-refractivity contribution >= 4 is 22.8 Å². The average molecular weight is 269 g/mol. The molecule has 0 aromatic carbocycles. The van der Waals surface area contributed by atoms with Gasteiger partial charge in [0.15, 0.2) is 5.17 Å². The summed E-state index contributed by atoms with van der Waals surface area (Å²) in [7, 11) is 0. The summed E-state index contributed by atoms with van der Waals surface area (Å²) in [6.07, 6.45) is 5.12. The van der Waals surface area contributed by atoms with E-state index in [9.17, 15) is 4.79 Å². The molecule has 0 aromatic rings. The quantitative estimate of drug-likeness (QED) is 0.820. The van der Waals surface area contributed by atoms with Crippen LogP contribution >= 0.6 is 11.8 Å². The number of amides is 1. The molecular weight excluding hydrogens is 246 g/mol. The third-order valence-corrected chi connectivity index (χ3v) is 4.93. The average Bonchev–Trinajstić information content (AvgIpc) is 2.35. The molecule has 1 saturated carbocycles. The Balaban J connectivity index is 2.00. The molecule has 2 aliphatic rings. The minimum Gasteiger partial charge on any atom is -0.368 e. The SMILES string of the molecule is CC(C)C(NC1=NC2CCCCC2CS1)C(N)=O. The van der Waals surface area contributed by atoms with Gasteiger partial charge in [-0.25, -0.2) is 0 Å². The van der Waals surface area contributed by atoms with Gasteiger partial charge in [-0.3, -0.25) is 9.79 Å². The zero-order valence-corrected chi connectivity index (χ0v) is 12.0. The van der Waals surface area contributed by atoms with E-state index in [0.29, 0.717) is 6.04 Å². The maximum atomic E-state index is 11.4. The Bertz CT molecular complexity index is 343. The van der Waals surface area contributed by atoms with Crippen molar-refractivity contribution in [3.8, 4) is 0 Å². The highest BCUT2D eigenvalue weighted by atomic mass is 32.2. The predicted octanol–water partition coefficient (Wildman–Crippen LogP) is 1.75. The second kappa shape index (κ2) is 5.95. The number of nitrogens with zero attached hydrogens (tertiary/aromatic N) is 1. The van der Waals surface area contributed by atoms with E-state index in [4.69, 9.17) is 10.7 Å². The Morgan fingerprint density at radius 3 is 2.83 bits per heavy atom. The largest absolute Gasteiger partial charge is 0.368 e. The lowest BCUT2D eigenvalue weighted by atomic mass is 9.86. The zero-order valence-electron chi connectivity index (χ0n) is 11.2. The van der Waals surface area contributed by atoms with Gasteiger partial charge in [0.25, 0.3) is 0 Å². The second-order valence-corrected chi connectivity index (χ2v) is 6.63. The van der Waals surface area contributed by atoms with Gasteiger partial charge >= 0.3 is 0 Å². The van der Waals surface area contributed by atoms with Gasteiger partial charge < -0.3 is 11.1 Å². The molecule has 3 N–H and O–H groups in total. The number of aliphatic imine (C=N–C) groups is 1. The standard InChI is InChI=1S/C13H23N3OS/c1-8(2)11(12(14)17)16-13-15-10-6-4-3-5-9(10)7-18-13/h8-11H,3-7H2,1-2H3,(H2,14,17)(H,15,16). The molecule has 2 rings (SSSR count). The summed E-state index contributed by atoms with van der Waals surface area (Å²) in [5.41, 5.74) is 5.42. The van der Waals surface area contributed by atoms with Crippen molar-refractivity contribution in [1.82, 2.24) is 5.32 Å². The molecule has 1 aliphatic carbocycles. The predicted molar refractivity (Wildman–Crippen MR) is 76.6 cm³/mol. The lowest BCUT2D eigenvalue weighted by Gasteiger charge is -2.34. The second-order valence-electron chi connectivity index (χ2n) is 5.63. The lowest BCUT2D eigenvalue weighted by Crippen LogP contribution is -2.48. The number of rotatable bonds is 3. The molecule has 18 heavy (non-hydrogen) atoms. The monoisotopic (exact) mass is 269 g/mol. The molecule has 0 spiro atoms. The Morgan fingerprint density at radius 2 is 2.17 bits per heavy atom. The normalized spacial score (nSPS) is 29.4. The van der Waals surface area contributed by atoms with Crippen LogP contribution in [0, 0.1) is 11.8 Å². The van der Waals surface area contributed by atoms with Crippen molar-refractivity contribution in [3.63, 3.8) is 0 Å². The molecule has 5 heteroatoms. The number of carbonyl (C=O) groups is 1. The van der Waals surface area contributed by atoms with Gasteiger partial charge in [-0.05, 0) is 24.7 Å². The number of hydrogen-bond acceptors (Lipinski definition) is 4. The van der Waals surface area contributed by atoms with Gasteiger partial charge in [0.05, 0.1) is 6.04 Å². The summed E-state index contributed by atoms with van der Waals surface area (Å²) in [4.78, 5) is 16.2. The third kappa shape index (κ3) is 3.19. The first-order valence-corrected chi connectivity index (χ1v) is 7.83. The number of carbonyl (C=O) groups excluding carboxylic acids is 1. The first-order chi connectivity index (χ1) is 8.58. The van der Waals surface area contributed by atoms with Crippen LogP contribution < -0.4 is 11.1 Å². The van der Waals surface area contributed by atoms with E-state index >= 15 is 0 Å². The van der Waals surface area contributed by atoms with Crippen molar-refractivity contribution < 1.29 is 4.79 Å². The number of fused-ring (bicyclic) bond motifs is 1. The van der Waals surface area contributed by atoms with E-state index in [1.165, 1.54) is 25.7 Å². The Kier molecular flexibility index (Phi) is 4.54. The minimum atomic E-state index is -0.309. The molecule has 0 radical (unpaired) electrons. The van der Waals surface area contributed by atoms with Crippen LogP contribution in [-0.2, 0) is 4.79 Å². The van der Waals surface area contributed by atoms with E-state index in [1.807, 2.05) is 13.8 Å². The van der Waals surface area contributed by atoms with E-state index < -0.39 is 0 Å². The molecule has 0 aromatic heterocycles. The van der Waals surface area contributed by atoms with Crippen LogP contribution in [0.2, 0.25) is 0 Å². The summed E-state index contributed by atoms with van der Waals surface area (Å²) in [6.45, 7) is 4.00. The van der Waals surface area contributed by atoms with Crippen molar-refractivity contribution in [1.29, 1.82) is 0 Å². The van der Waals surface area contributed by atoms with Gasteiger partial charge in [0.1, 0.15) is 6.04 Å². The number of primary amides is 1. The van der Waals surface area contributed by atoms with E-state index in [-0.39, 0.29) is 17.9 Å². The van der Waals surface area contributed by atoms with Crippen molar-refractivity contribution in [3.05, 3.63) is 0 Å². The van der Waals surface area contributed by atoms with Crippen LogP contribution in [0.25, 0.3) is 0 Å². The number of amidine groups is 1. The highest BCUT2D eigenvalue weighted by Gasteiger charge is 2.30. The molecule has 0 bridgehead atoms. The molecule has 1 fully saturated rings. The van der Waals surface area contributed by atoms with Crippen LogP contribution in [0.4, 0.5) is 0 Å². The van der Waals surface area contributed by atoms with Crippen LogP contribution in [0.3, 0.4) is 0 Å². The fourth-order valence-electron chi connectivity index (χ4n) is 2.70. The first kappa shape index (κ1) is 13.7. The fourth-order valence-corrected chi connectivity index (χ4v) is 3.89. The first-order valence-electron chi connectivity index (χ1n) is 6.84. The molecule has 1 heterocycles. The summed E-state index contributed by atoms with van der Waals surface area (Å²) >= 11 is 1.74. The van der Waals surface area contributed by atoms with Crippen LogP contribution in [-0.4, -0.2) is 28.9 Å². The van der Waals surface area contributed by atoms with Gasteiger partial charge in [0, 0.05) is 5.75 Å². The van der Waals surface area contributed by atoms with E-state index in [0.717, 1.165) is 16.8 Å². The molecule has 3 atom stereocenters. The number of nitrogens with one attached hydrogen (secondary N) is 1. The van der Waals surface area contributed by atoms with E-state index in [2.05, 4.69) is 5.32 Å². The highest BCUT2D eigenvalue weighted by molar-refractivity contribution is 8.13. The number of thioether (sulfide) groups is 1. The smallest absolute Gasteiger partial charge is 0.240 e. The van der Waals surface area contributed by atoms with Crippen LogP contribution in [0.15, 0.2) is 4.99 Å². The maximum Gasteiger partial charge on any atom is 0.240 e. The van der Waals surface area contributed by atoms with Crippen LogP contribution in [0.5, 0.6) is 0 Å². The molecular formula is C13H23N3OS. The zero-order chi connectivity index (χ0) is 13.1. The lowest BCUT2D eigenvalue weighted by molar-refractivity contribution is -0.120. The van der Waals surface area contributed by atoms with Gasteiger partial charge in [0.2, 0.25) is 5.91 Å². The number of hydrogen-bond donors (Lipinski definition) is 2. The van der Waals surface area contributed by atoms with E-state index in [1.54, 1.807) is 11.8 Å². The van der Waals surface area contributed by atoms with Gasteiger partial charge in [-0.15, -0.1) is 0 Å². The Morgan fingerprint density at radius 1 is 1.44 bits per heavy atom. The highest BCUT2D eigenvalue weighted by Crippen LogP contribution is 2.33. The Labute approximate surface area is 113 Å². The molecule has 1 aliphatic heterocycles. The molecule has 4 nitrogen and oxygen atoms in total. The summed E-state index contributed by atoms with van der Waals surface area (Å²) in [5, 5.41) is 4.14. The minimum absolute atomic E-state index is 0.190. The summed E-state index contributed by atoms with van der Waals surface area (Å²) < 4.78 is 0. The van der Waals surface area contributed by atoms with Crippen molar-refractivity contribution in [2.45, 2.75) is 51.6 Å². The molecule has 0 saturated heterocycles. The molecule has 102 valence electrons. The van der Waals surface area contributed by atoms with Crippen molar-refractivity contribution in [2.75, 3.05) is 5.75 Å². The summed E-state index contributed by atoms with van der Waals surface area (Å²) in [6, 6.07) is 0.152. The maximum absolute atomic E-state index is 11.4. The Hall–Kier alpha value is -0.710. The topological polar surface area (TPSA) is 67.5 Å². The third-order valence-electron chi connectivity index (χ3n) is 3.84. The fraction of sp³-hybridized carbons (Fsp3) is 0.846. The molecule has 1 amide bonds. The van der Waals surface area contributed by atoms with Gasteiger partial charge in [-0.2, -0.15) is 0 Å². The molecule has 3 unspecified atom stereocenters. The number of nitrogens with two attached hydrogens (primary N) is 1. The van der Waals surface area contributed by atoms with Crippen molar-refractivity contribution in [2.24, 2.45) is 22.6 Å². The van der Waals surface area contributed by atoms with Crippen LogP contribution in [0.1, 0.15) is 39.5 Å². The van der Waals surface area contributed by atoms with Gasteiger partial charge in [-0.1, -0.05) is 38.5 Å².